The number of hydrogen-bond donors (Lipinski definition) is 5. The van der Waals surface area contributed by atoms with Crippen LogP contribution in [0.4, 0.5) is 0 Å². The number of rotatable bonds is 63. The lowest BCUT2D eigenvalue weighted by Gasteiger charge is -2.27. The van der Waals surface area contributed by atoms with E-state index in [1.165, 1.54) is 263 Å². The van der Waals surface area contributed by atoms with Crippen LogP contribution in [0.5, 0.6) is 0 Å². The van der Waals surface area contributed by atoms with Crippen LogP contribution in [0, 0.1) is 0 Å². The van der Waals surface area contributed by atoms with Gasteiger partial charge in [0.05, 0.1) is 18.8 Å². The Morgan fingerprint density at radius 1 is 0.325 bits per heavy atom. The first-order valence-electron chi connectivity index (χ1n) is 34.2. The Hall–Kier alpha value is -1.99. The van der Waals surface area contributed by atoms with Gasteiger partial charge in [-0.1, -0.05) is 319 Å². The van der Waals surface area contributed by atoms with Gasteiger partial charge in [-0.25, -0.2) is 0 Å². The van der Waals surface area contributed by atoms with Crippen LogP contribution >= 0.6 is 0 Å². The number of carbonyl (C=O) groups excluding carboxylic acids is 1. The molecule has 0 aromatic heterocycles. The second kappa shape index (κ2) is 64.8. The molecule has 0 saturated carbocycles. The summed E-state index contributed by atoms with van der Waals surface area (Å²) in [6, 6.07) is -1.02. The van der Waals surface area contributed by atoms with Crippen molar-refractivity contribution in [2.24, 2.45) is 0 Å². The van der Waals surface area contributed by atoms with Gasteiger partial charge < -0.3 is 25.7 Å². The first-order chi connectivity index (χ1) is 38.0. The predicted octanol–water partition coefficient (Wildman–Crippen LogP) is 21.0. The minimum atomic E-state index is -1.30. The van der Waals surface area contributed by atoms with E-state index in [1.54, 1.807) is 0 Å². The molecule has 452 valence electrons. The molecule has 0 aliphatic carbocycles. The molecule has 0 bridgehead atoms. The molecule has 77 heavy (non-hydrogen) atoms. The first-order valence-corrected chi connectivity index (χ1v) is 34.2. The molecule has 0 aromatic carbocycles. The van der Waals surface area contributed by atoms with E-state index in [0.29, 0.717) is 19.3 Å². The highest BCUT2D eigenvalue weighted by Gasteiger charge is 2.28. The Bertz CT molecular complexity index is 1310. The second-order valence-corrected chi connectivity index (χ2v) is 23.5. The molecule has 0 rings (SSSR count). The van der Waals surface area contributed by atoms with Crippen molar-refractivity contribution >= 4 is 5.91 Å². The van der Waals surface area contributed by atoms with Crippen molar-refractivity contribution < 1.29 is 25.2 Å². The van der Waals surface area contributed by atoms with E-state index in [0.717, 1.165) is 57.8 Å². The molecular weight excluding hydrogens is 947 g/mol. The largest absolute Gasteiger partial charge is 0.394 e. The van der Waals surface area contributed by atoms with Gasteiger partial charge in [-0.05, 0) is 96.3 Å². The highest BCUT2D eigenvalue weighted by atomic mass is 16.3. The molecule has 4 atom stereocenters. The highest BCUT2D eigenvalue weighted by molar-refractivity contribution is 5.80. The van der Waals surface area contributed by atoms with E-state index < -0.39 is 36.9 Å². The van der Waals surface area contributed by atoms with Crippen LogP contribution in [0.3, 0.4) is 0 Å². The number of nitrogens with one attached hydrogen (secondary N) is 1. The van der Waals surface area contributed by atoms with Crippen LogP contribution in [-0.4, -0.2) is 57.3 Å². The number of aliphatic hydroxyl groups is 4. The van der Waals surface area contributed by atoms with Crippen LogP contribution in [0.1, 0.15) is 354 Å². The van der Waals surface area contributed by atoms with E-state index in [2.05, 4.69) is 79.9 Å². The number of unbranched alkanes of at least 4 members (excludes halogenated alkanes) is 44. The van der Waals surface area contributed by atoms with Crippen LogP contribution in [0.25, 0.3) is 0 Å². The standard InChI is InChI=1S/C71H133NO5/c1-3-5-7-9-11-13-15-17-19-21-23-25-27-29-30-31-32-33-34-35-36-37-38-39-41-43-45-47-49-51-53-55-57-59-61-63-65-69(75)71(77)72-67(66-73)70(76)68(74)64-62-60-58-56-54-52-50-48-46-44-42-40-28-26-24-22-20-18-16-14-12-10-8-6-4-2/h30-31,33-34,40,42,48,50,56,58,67-70,73-76H,3-29,32,35-39,41,43-47,49,51-55,57,59-66H2,1-2H3,(H,72,77)/b31-30-,34-33-,42-40+,50-48+,58-56+. The van der Waals surface area contributed by atoms with Gasteiger partial charge in [0.25, 0.3) is 0 Å². The molecule has 0 heterocycles. The molecule has 1 amide bonds. The summed E-state index contributed by atoms with van der Waals surface area (Å²) in [5, 5.41) is 44.1. The van der Waals surface area contributed by atoms with E-state index in [9.17, 15) is 25.2 Å². The summed E-state index contributed by atoms with van der Waals surface area (Å²) in [6.07, 6.45) is 86.3. The molecule has 0 spiro atoms. The summed E-state index contributed by atoms with van der Waals surface area (Å²) in [6.45, 7) is 4.08. The van der Waals surface area contributed by atoms with Gasteiger partial charge in [0.2, 0.25) is 5.91 Å². The summed E-state index contributed by atoms with van der Waals surface area (Å²) >= 11 is 0. The number of amides is 1. The van der Waals surface area contributed by atoms with Gasteiger partial charge in [-0.3, -0.25) is 4.79 Å². The molecule has 0 radical (unpaired) electrons. The van der Waals surface area contributed by atoms with E-state index in [-0.39, 0.29) is 0 Å². The Morgan fingerprint density at radius 3 is 0.896 bits per heavy atom. The first kappa shape index (κ1) is 75.0. The molecule has 0 saturated heterocycles. The highest BCUT2D eigenvalue weighted by Crippen LogP contribution is 2.18. The lowest BCUT2D eigenvalue weighted by atomic mass is 10.00. The summed E-state index contributed by atoms with van der Waals surface area (Å²) in [5.74, 6) is -0.596. The maximum absolute atomic E-state index is 12.6. The summed E-state index contributed by atoms with van der Waals surface area (Å²) in [7, 11) is 0. The zero-order valence-corrected chi connectivity index (χ0v) is 51.5. The van der Waals surface area contributed by atoms with E-state index in [1.807, 2.05) is 0 Å². The minimum Gasteiger partial charge on any atom is -0.394 e. The fourth-order valence-corrected chi connectivity index (χ4v) is 10.6. The molecule has 0 aliphatic heterocycles. The third kappa shape index (κ3) is 58.5. The van der Waals surface area contributed by atoms with Crippen molar-refractivity contribution in [3.63, 3.8) is 0 Å². The summed E-state index contributed by atoms with van der Waals surface area (Å²) in [5.41, 5.74) is 0. The molecule has 4 unspecified atom stereocenters. The van der Waals surface area contributed by atoms with Gasteiger partial charge in [0.15, 0.2) is 0 Å². The number of aliphatic hydroxyl groups excluding tert-OH is 4. The Labute approximate surface area is 480 Å². The monoisotopic (exact) mass is 1080 g/mol. The smallest absolute Gasteiger partial charge is 0.249 e. The number of carbonyl (C=O) groups is 1. The molecular formula is C71H133NO5. The maximum Gasteiger partial charge on any atom is 0.249 e. The van der Waals surface area contributed by atoms with E-state index >= 15 is 0 Å². The van der Waals surface area contributed by atoms with Gasteiger partial charge in [-0.15, -0.1) is 0 Å². The van der Waals surface area contributed by atoms with Crippen molar-refractivity contribution in [2.45, 2.75) is 379 Å². The average Bonchev–Trinajstić information content (AvgIpc) is 3.43. The van der Waals surface area contributed by atoms with Gasteiger partial charge in [0.1, 0.15) is 12.2 Å². The van der Waals surface area contributed by atoms with Gasteiger partial charge in [0, 0.05) is 0 Å². The van der Waals surface area contributed by atoms with Gasteiger partial charge >= 0.3 is 0 Å². The zero-order chi connectivity index (χ0) is 55.8. The van der Waals surface area contributed by atoms with Crippen LogP contribution in [0.2, 0.25) is 0 Å². The third-order valence-corrected chi connectivity index (χ3v) is 15.9. The van der Waals surface area contributed by atoms with Crippen molar-refractivity contribution in [3.05, 3.63) is 60.8 Å². The normalized spacial score (nSPS) is 13.9. The topological polar surface area (TPSA) is 110 Å². The van der Waals surface area contributed by atoms with Crippen molar-refractivity contribution in [3.8, 4) is 0 Å². The second-order valence-electron chi connectivity index (χ2n) is 23.5. The van der Waals surface area contributed by atoms with Crippen LogP contribution in [0.15, 0.2) is 60.8 Å². The fourth-order valence-electron chi connectivity index (χ4n) is 10.6. The molecule has 0 fully saturated rings. The van der Waals surface area contributed by atoms with E-state index in [4.69, 9.17) is 0 Å². The minimum absolute atomic E-state index is 0.358. The molecule has 6 nitrogen and oxygen atoms in total. The Kier molecular flexibility index (Phi) is 63.2. The fraction of sp³-hybridized carbons (Fsp3) is 0.845. The molecule has 6 heteroatoms. The third-order valence-electron chi connectivity index (χ3n) is 15.9. The quantitative estimate of drug-likeness (QED) is 0.0308. The van der Waals surface area contributed by atoms with Crippen LogP contribution < -0.4 is 5.32 Å². The number of hydrogen-bond acceptors (Lipinski definition) is 5. The average molecular weight is 1080 g/mol. The Balaban J connectivity index is 3.62. The predicted molar refractivity (Wildman–Crippen MR) is 339 cm³/mol. The number of allylic oxidation sites excluding steroid dienone is 10. The van der Waals surface area contributed by atoms with Crippen molar-refractivity contribution in [1.82, 2.24) is 5.32 Å². The van der Waals surface area contributed by atoms with Crippen molar-refractivity contribution in [2.75, 3.05) is 6.61 Å². The zero-order valence-electron chi connectivity index (χ0n) is 51.5. The molecule has 0 aromatic rings. The van der Waals surface area contributed by atoms with Crippen molar-refractivity contribution in [1.29, 1.82) is 0 Å². The molecule has 0 aliphatic rings. The lowest BCUT2D eigenvalue weighted by Crippen LogP contribution is -2.53. The lowest BCUT2D eigenvalue weighted by molar-refractivity contribution is -0.132. The SMILES string of the molecule is CCCCCCCCCCCCCC/C=C/CC/C=C/CC/C=C/CCCC(O)C(O)C(CO)NC(=O)C(O)CCCCCCCCCCCCCCCCCC/C=C\C/C=C\CCCCCCCCCCCCCCC. The summed E-state index contributed by atoms with van der Waals surface area (Å²) < 4.78 is 0. The summed E-state index contributed by atoms with van der Waals surface area (Å²) in [4.78, 5) is 12.6. The van der Waals surface area contributed by atoms with Crippen LogP contribution in [-0.2, 0) is 4.79 Å². The Morgan fingerprint density at radius 2 is 0.584 bits per heavy atom. The maximum atomic E-state index is 12.6. The van der Waals surface area contributed by atoms with Gasteiger partial charge in [-0.2, -0.15) is 0 Å². The molecule has 5 N–H and O–H groups in total.